The van der Waals surface area contributed by atoms with E-state index in [9.17, 15) is 0 Å². The molecule has 0 spiro atoms. The Morgan fingerprint density at radius 2 is 1.02 bits per heavy atom. The second-order valence-electron chi connectivity index (χ2n) is 11.1. The Bertz CT molecular complexity index is 2400. The Balaban J connectivity index is 1.34. The van der Waals surface area contributed by atoms with Gasteiger partial charge in [0, 0.05) is 38.4 Å². The molecule has 1 aliphatic heterocycles. The summed E-state index contributed by atoms with van der Waals surface area (Å²) in [5.41, 5.74) is 9.22. The fourth-order valence-electron chi connectivity index (χ4n) is 6.61. The lowest BCUT2D eigenvalue weighted by Gasteiger charge is -2.24. The molecular weight excluding hydrogens is 555 g/mol. The molecule has 0 saturated heterocycles. The van der Waals surface area contributed by atoms with Gasteiger partial charge in [0.15, 0.2) is 5.84 Å². The van der Waals surface area contributed by atoms with E-state index in [0.717, 1.165) is 28.1 Å². The summed E-state index contributed by atoms with van der Waals surface area (Å²) in [7, 11) is 0.374. The largest absolute Gasteiger partial charge is 0.314 e. The number of benzene rings is 6. The second-order valence-corrected chi connectivity index (χ2v) is 12.4. The van der Waals surface area contributed by atoms with Crippen molar-refractivity contribution in [1.29, 1.82) is 0 Å². The maximum absolute atomic E-state index is 5.36. The smallest absolute Gasteiger partial charge is 0.157 e. The van der Waals surface area contributed by atoms with Crippen molar-refractivity contribution >= 4 is 63.5 Å². The van der Waals surface area contributed by atoms with Gasteiger partial charge in [-0.2, -0.15) is 0 Å². The van der Waals surface area contributed by atoms with E-state index in [4.69, 9.17) is 9.98 Å². The summed E-state index contributed by atoms with van der Waals surface area (Å²) in [4.78, 5) is 10.5. The molecule has 44 heavy (non-hydrogen) atoms. The van der Waals surface area contributed by atoms with Crippen LogP contribution >= 0.6 is 8.58 Å². The van der Waals surface area contributed by atoms with Crippen molar-refractivity contribution in [2.24, 2.45) is 9.98 Å². The lowest BCUT2D eigenvalue weighted by molar-refractivity contribution is 0.761. The van der Waals surface area contributed by atoms with E-state index < -0.39 is 0 Å². The van der Waals surface area contributed by atoms with Gasteiger partial charge in [0.25, 0.3) is 0 Å². The molecule has 1 aliphatic rings. The van der Waals surface area contributed by atoms with E-state index in [1.165, 1.54) is 43.6 Å². The van der Waals surface area contributed by atoms with Crippen LogP contribution in [0, 0.1) is 0 Å². The van der Waals surface area contributed by atoms with Crippen LogP contribution in [-0.4, -0.2) is 20.4 Å². The van der Waals surface area contributed by atoms with E-state index >= 15 is 0 Å². The normalized spacial score (nSPS) is 15.8. The highest BCUT2D eigenvalue weighted by Crippen LogP contribution is 2.46. The first-order chi connectivity index (χ1) is 21.8. The van der Waals surface area contributed by atoms with Crippen molar-refractivity contribution in [2.75, 3.05) is 0 Å². The molecule has 9 rings (SSSR count). The fraction of sp³-hybridized carbons (Fsp3) is 0.0256. The zero-order valence-corrected chi connectivity index (χ0v) is 24.8. The van der Waals surface area contributed by atoms with Crippen LogP contribution in [0.15, 0.2) is 162 Å². The second kappa shape index (κ2) is 10.2. The highest BCUT2D eigenvalue weighted by atomic mass is 31.1. The van der Waals surface area contributed by atoms with Gasteiger partial charge in [-0.1, -0.05) is 115 Å². The molecule has 0 N–H and O–H groups in total. The first kappa shape index (κ1) is 25.2. The standard InChI is InChI=1S/C39H27N4P/c1-4-14-26(15-5-1)37-40-38(27-16-6-2-7-17-27)44-39(41-37)43-34-23-13-11-21-30(34)32-24-35-31(25-36(32)43)29-20-10-12-22-33(29)42(35)28-18-8-3-9-19-28/h1-25,39,44H. The third kappa shape index (κ3) is 3.96. The Morgan fingerprint density at radius 1 is 0.477 bits per heavy atom. The number of aliphatic imine (C=N–C) groups is 2. The Labute approximate surface area is 256 Å². The minimum absolute atomic E-state index is 0.125. The van der Waals surface area contributed by atoms with E-state index in [1.54, 1.807) is 0 Å². The van der Waals surface area contributed by atoms with Gasteiger partial charge in [-0.05, 0) is 45.0 Å². The van der Waals surface area contributed by atoms with Gasteiger partial charge >= 0.3 is 0 Å². The molecule has 6 aromatic carbocycles. The molecule has 3 heterocycles. The lowest BCUT2D eigenvalue weighted by Crippen LogP contribution is -2.15. The van der Waals surface area contributed by atoms with Crippen LogP contribution in [0.4, 0.5) is 0 Å². The van der Waals surface area contributed by atoms with Gasteiger partial charge in [-0.25, -0.2) is 9.98 Å². The number of hydrogen-bond acceptors (Lipinski definition) is 2. The molecule has 0 saturated carbocycles. The van der Waals surface area contributed by atoms with Crippen LogP contribution in [0.5, 0.6) is 0 Å². The molecule has 2 unspecified atom stereocenters. The number of fused-ring (bicyclic) bond motifs is 6. The zero-order valence-electron chi connectivity index (χ0n) is 23.8. The highest BCUT2D eigenvalue weighted by Gasteiger charge is 2.26. The SMILES string of the molecule is c1ccc(C2=NC(n3c4ccccc4c4cc5c(cc43)c3ccccc3n5-c3ccccc3)PC(c3ccccc3)=N2)cc1. The van der Waals surface area contributed by atoms with E-state index in [1.807, 2.05) is 6.07 Å². The van der Waals surface area contributed by atoms with Crippen molar-refractivity contribution in [3.05, 3.63) is 163 Å². The van der Waals surface area contributed by atoms with Crippen molar-refractivity contribution in [3.63, 3.8) is 0 Å². The minimum Gasteiger partial charge on any atom is -0.314 e. The summed E-state index contributed by atoms with van der Waals surface area (Å²) in [6.45, 7) is 0. The Hall–Kier alpha value is -5.31. The van der Waals surface area contributed by atoms with Crippen LogP contribution in [0.2, 0.25) is 0 Å². The molecule has 8 aromatic rings. The molecule has 0 fully saturated rings. The minimum atomic E-state index is -0.125. The first-order valence-corrected chi connectivity index (χ1v) is 16.0. The van der Waals surface area contributed by atoms with E-state index in [-0.39, 0.29) is 5.91 Å². The van der Waals surface area contributed by atoms with E-state index in [0.29, 0.717) is 8.58 Å². The predicted molar refractivity (Wildman–Crippen MR) is 187 cm³/mol. The summed E-state index contributed by atoms with van der Waals surface area (Å²) in [5.74, 6) is 0.654. The van der Waals surface area contributed by atoms with Crippen LogP contribution in [0.3, 0.4) is 0 Å². The molecular formula is C39H27N4P. The van der Waals surface area contributed by atoms with Gasteiger partial charge in [0.2, 0.25) is 0 Å². The van der Waals surface area contributed by atoms with Crippen LogP contribution in [-0.2, 0) is 0 Å². The first-order valence-electron chi connectivity index (χ1n) is 14.9. The molecule has 5 heteroatoms. The topological polar surface area (TPSA) is 34.6 Å². The molecule has 2 aromatic heterocycles. The number of nitrogens with zero attached hydrogens (tertiary/aromatic N) is 4. The summed E-state index contributed by atoms with van der Waals surface area (Å²) in [5, 5.41) is 4.96. The molecule has 208 valence electrons. The molecule has 4 nitrogen and oxygen atoms in total. The van der Waals surface area contributed by atoms with Crippen molar-refractivity contribution in [1.82, 2.24) is 9.13 Å². The number of hydrogen-bond donors (Lipinski definition) is 0. The third-order valence-electron chi connectivity index (χ3n) is 8.57. The van der Waals surface area contributed by atoms with Gasteiger partial charge in [-0.3, -0.25) is 0 Å². The zero-order chi connectivity index (χ0) is 29.0. The number of aromatic nitrogens is 2. The number of rotatable bonds is 4. The molecule has 0 radical (unpaired) electrons. The maximum atomic E-state index is 5.36. The number of amidine groups is 1. The quantitative estimate of drug-likeness (QED) is 0.185. The van der Waals surface area contributed by atoms with Crippen LogP contribution < -0.4 is 0 Å². The molecule has 0 aliphatic carbocycles. The van der Waals surface area contributed by atoms with Crippen LogP contribution in [0.25, 0.3) is 49.3 Å². The average molecular weight is 583 g/mol. The maximum Gasteiger partial charge on any atom is 0.157 e. The van der Waals surface area contributed by atoms with Crippen LogP contribution in [0.1, 0.15) is 17.0 Å². The summed E-state index contributed by atoms with van der Waals surface area (Å²) in [6, 6.07) is 53.8. The fourth-order valence-corrected chi connectivity index (χ4v) is 7.95. The monoisotopic (exact) mass is 582 g/mol. The highest BCUT2D eigenvalue weighted by molar-refractivity contribution is 7.59. The summed E-state index contributed by atoms with van der Waals surface area (Å²) in [6.07, 6.45) is 0. The summed E-state index contributed by atoms with van der Waals surface area (Å²) >= 11 is 0. The van der Waals surface area contributed by atoms with Gasteiger partial charge in [0.1, 0.15) is 5.91 Å². The van der Waals surface area contributed by atoms with Gasteiger partial charge in [0.05, 0.1) is 27.5 Å². The third-order valence-corrected chi connectivity index (χ3v) is 9.89. The number of para-hydroxylation sites is 3. The Morgan fingerprint density at radius 3 is 1.75 bits per heavy atom. The molecule has 2 atom stereocenters. The van der Waals surface area contributed by atoms with E-state index in [2.05, 4.69) is 155 Å². The van der Waals surface area contributed by atoms with Crippen molar-refractivity contribution in [2.45, 2.75) is 5.91 Å². The van der Waals surface area contributed by atoms with Gasteiger partial charge < -0.3 is 9.13 Å². The van der Waals surface area contributed by atoms with Gasteiger partial charge in [-0.15, -0.1) is 0 Å². The predicted octanol–water partition coefficient (Wildman–Crippen LogP) is 9.93. The average Bonchev–Trinajstić information content (AvgIpc) is 3.60. The Kier molecular flexibility index (Phi) is 5.82. The summed E-state index contributed by atoms with van der Waals surface area (Å²) < 4.78 is 4.85. The van der Waals surface area contributed by atoms with Crippen molar-refractivity contribution < 1.29 is 0 Å². The lowest BCUT2D eigenvalue weighted by atomic mass is 10.1. The molecule has 0 bridgehead atoms. The molecule has 0 amide bonds. The van der Waals surface area contributed by atoms with Crippen molar-refractivity contribution in [3.8, 4) is 5.69 Å².